The van der Waals surface area contributed by atoms with Crippen molar-refractivity contribution in [2.24, 2.45) is 7.05 Å². The molecule has 0 aliphatic carbocycles. The number of carbonyl (C=O) groups excluding carboxylic acids is 1. The molecule has 0 spiro atoms. The Balaban J connectivity index is 1.96. The molecule has 146 valence electrons. The highest BCUT2D eigenvalue weighted by Crippen LogP contribution is 2.27. The van der Waals surface area contributed by atoms with Crippen molar-refractivity contribution in [3.8, 4) is 11.3 Å². The summed E-state index contributed by atoms with van der Waals surface area (Å²) in [4.78, 5) is 31.8. The summed E-state index contributed by atoms with van der Waals surface area (Å²) in [7, 11) is 5.27. The number of benzene rings is 2. The van der Waals surface area contributed by atoms with Gasteiger partial charge >= 0.3 is 0 Å². The van der Waals surface area contributed by atoms with E-state index in [1.807, 2.05) is 61.5 Å². The monoisotopic (exact) mass is 385 g/mol. The molecule has 0 unspecified atom stereocenters. The minimum Gasteiger partial charge on any atom is -0.349 e. The summed E-state index contributed by atoms with van der Waals surface area (Å²) in [5.41, 5.74) is 4.65. The number of para-hydroxylation sites is 2. The summed E-state index contributed by atoms with van der Waals surface area (Å²) in [5, 5.41) is 1.98. The fourth-order valence-corrected chi connectivity index (χ4v) is 3.68. The topological polar surface area (TPSA) is 55.2 Å². The highest BCUT2D eigenvalue weighted by atomic mass is 16.2. The molecule has 1 amide bonds. The second-order valence-electron chi connectivity index (χ2n) is 7.58. The number of carbonyl (C=O) groups is 1. The van der Waals surface area contributed by atoms with E-state index in [0.717, 1.165) is 32.9 Å². The zero-order chi connectivity index (χ0) is 20.7. The van der Waals surface area contributed by atoms with Gasteiger partial charge in [0.05, 0.1) is 28.7 Å². The maximum absolute atomic E-state index is 13.0. The Bertz CT molecular complexity index is 1320. The molecule has 0 radical (unpaired) electrons. The van der Waals surface area contributed by atoms with Crippen molar-refractivity contribution in [1.29, 1.82) is 0 Å². The number of amides is 1. The molecule has 4 rings (SSSR count). The Morgan fingerprint density at radius 1 is 1.07 bits per heavy atom. The van der Waals surface area contributed by atoms with Crippen LogP contribution in [0.25, 0.3) is 33.1 Å². The maximum Gasteiger partial charge on any atom is 0.260 e. The third kappa shape index (κ3) is 3.29. The molecule has 0 fully saturated rings. The van der Waals surface area contributed by atoms with Crippen molar-refractivity contribution in [2.75, 3.05) is 14.1 Å². The zero-order valence-electron chi connectivity index (χ0n) is 17.1. The molecular weight excluding hydrogens is 362 g/mol. The van der Waals surface area contributed by atoms with Crippen LogP contribution in [0.2, 0.25) is 0 Å². The SMILES string of the molecule is Cc1cc(-c2cc3ccccc3n(C)c2=O)nc2c(CC(=O)N(C)C)cccc12. The number of hydrogen-bond donors (Lipinski definition) is 0. The predicted octanol–water partition coefficient (Wildman–Crippen LogP) is 3.69. The molecule has 0 aliphatic heterocycles. The standard InChI is InChI=1S/C24H23N3O2/c1-15-12-20(19-13-16-8-5-6-11-21(16)27(4)24(19)29)25-23-17(9-7-10-18(15)23)14-22(28)26(2)3/h5-13H,14H2,1-4H3. The third-order valence-corrected chi connectivity index (χ3v) is 5.38. The summed E-state index contributed by atoms with van der Waals surface area (Å²) < 4.78 is 1.66. The van der Waals surface area contributed by atoms with Gasteiger partial charge in [-0.1, -0.05) is 36.4 Å². The Morgan fingerprint density at radius 3 is 2.59 bits per heavy atom. The van der Waals surface area contributed by atoms with Crippen molar-refractivity contribution in [2.45, 2.75) is 13.3 Å². The highest BCUT2D eigenvalue weighted by Gasteiger charge is 2.15. The largest absolute Gasteiger partial charge is 0.349 e. The van der Waals surface area contributed by atoms with E-state index in [1.54, 1.807) is 30.6 Å². The number of aryl methyl sites for hydroxylation is 2. The number of fused-ring (bicyclic) bond motifs is 2. The second kappa shape index (κ2) is 7.17. The molecule has 0 atom stereocenters. The van der Waals surface area contributed by atoms with Crippen LogP contribution in [0.5, 0.6) is 0 Å². The van der Waals surface area contributed by atoms with Crippen LogP contribution in [-0.2, 0) is 18.3 Å². The van der Waals surface area contributed by atoms with E-state index in [0.29, 0.717) is 11.3 Å². The van der Waals surface area contributed by atoms with Gasteiger partial charge in [0.15, 0.2) is 0 Å². The molecule has 0 saturated heterocycles. The van der Waals surface area contributed by atoms with Crippen LogP contribution < -0.4 is 5.56 Å². The molecular formula is C24H23N3O2. The molecule has 4 aromatic rings. The van der Waals surface area contributed by atoms with Crippen molar-refractivity contribution in [1.82, 2.24) is 14.5 Å². The van der Waals surface area contributed by atoms with Gasteiger partial charge in [-0.05, 0) is 41.6 Å². The predicted molar refractivity (Wildman–Crippen MR) is 117 cm³/mol. The fourth-order valence-electron chi connectivity index (χ4n) is 3.68. The lowest BCUT2D eigenvalue weighted by molar-refractivity contribution is -0.127. The smallest absolute Gasteiger partial charge is 0.260 e. The fraction of sp³-hybridized carbons (Fsp3) is 0.208. The van der Waals surface area contributed by atoms with Crippen molar-refractivity contribution < 1.29 is 4.79 Å². The first-order valence-corrected chi connectivity index (χ1v) is 9.55. The van der Waals surface area contributed by atoms with Gasteiger partial charge in [-0.25, -0.2) is 4.98 Å². The molecule has 29 heavy (non-hydrogen) atoms. The molecule has 0 bridgehead atoms. The molecule has 2 aromatic heterocycles. The van der Waals surface area contributed by atoms with Gasteiger partial charge in [-0.3, -0.25) is 9.59 Å². The van der Waals surface area contributed by atoms with E-state index in [2.05, 4.69) is 0 Å². The molecule has 5 nitrogen and oxygen atoms in total. The van der Waals surface area contributed by atoms with Crippen molar-refractivity contribution in [3.63, 3.8) is 0 Å². The second-order valence-corrected chi connectivity index (χ2v) is 7.58. The van der Waals surface area contributed by atoms with E-state index >= 15 is 0 Å². The van der Waals surface area contributed by atoms with Gasteiger partial charge in [0.25, 0.3) is 5.56 Å². The molecule has 0 saturated carbocycles. The summed E-state index contributed by atoms with van der Waals surface area (Å²) in [6.07, 6.45) is 0.274. The highest BCUT2D eigenvalue weighted by molar-refractivity contribution is 5.92. The number of likely N-dealkylation sites (N-methyl/N-ethyl adjacent to an activating group) is 1. The minimum atomic E-state index is -0.0863. The minimum absolute atomic E-state index is 0.0176. The van der Waals surface area contributed by atoms with Gasteiger partial charge in [0.2, 0.25) is 5.91 Å². The van der Waals surface area contributed by atoms with Crippen molar-refractivity contribution in [3.05, 3.63) is 76.1 Å². The van der Waals surface area contributed by atoms with Crippen LogP contribution in [0, 0.1) is 6.92 Å². The van der Waals surface area contributed by atoms with Gasteiger partial charge in [-0.15, -0.1) is 0 Å². The molecule has 5 heteroatoms. The average molecular weight is 385 g/mol. The van der Waals surface area contributed by atoms with Crippen LogP contribution >= 0.6 is 0 Å². The van der Waals surface area contributed by atoms with Crippen LogP contribution in [0.1, 0.15) is 11.1 Å². The first-order valence-electron chi connectivity index (χ1n) is 9.55. The Labute approximate surface area is 169 Å². The Morgan fingerprint density at radius 2 is 1.83 bits per heavy atom. The number of rotatable bonds is 3. The number of aromatic nitrogens is 2. The lowest BCUT2D eigenvalue weighted by atomic mass is 10.0. The van der Waals surface area contributed by atoms with Gasteiger partial charge in [0.1, 0.15) is 0 Å². The van der Waals surface area contributed by atoms with Crippen molar-refractivity contribution >= 4 is 27.7 Å². The van der Waals surface area contributed by atoms with Crippen LogP contribution in [0.15, 0.2) is 59.4 Å². The van der Waals surface area contributed by atoms with E-state index < -0.39 is 0 Å². The maximum atomic E-state index is 13.0. The molecule has 0 N–H and O–H groups in total. The van der Waals surface area contributed by atoms with E-state index in [-0.39, 0.29) is 17.9 Å². The molecule has 0 aliphatic rings. The summed E-state index contributed by atoms with van der Waals surface area (Å²) in [6.45, 7) is 2.01. The van der Waals surface area contributed by atoms with Crippen LogP contribution in [-0.4, -0.2) is 34.5 Å². The lowest BCUT2D eigenvalue weighted by Gasteiger charge is -2.14. The first kappa shape index (κ1) is 18.9. The quantitative estimate of drug-likeness (QED) is 0.540. The number of nitrogens with zero attached hydrogens (tertiary/aromatic N) is 3. The van der Waals surface area contributed by atoms with E-state index in [4.69, 9.17) is 4.98 Å². The summed E-state index contributed by atoms with van der Waals surface area (Å²) in [5.74, 6) is 0.0176. The van der Waals surface area contributed by atoms with Gasteiger partial charge < -0.3 is 9.47 Å². The van der Waals surface area contributed by atoms with Crippen LogP contribution in [0.3, 0.4) is 0 Å². The van der Waals surface area contributed by atoms with Gasteiger partial charge in [-0.2, -0.15) is 0 Å². The first-order chi connectivity index (χ1) is 13.9. The Hall–Kier alpha value is -3.47. The molecule has 2 heterocycles. The third-order valence-electron chi connectivity index (χ3n) is 5.38. The summed E-state index contributed by atoms with van der Waals surface area (Å²) >= 11 is 0. The average Bonchev–Trinajstić information content (AvgIpc) is 2.71. The zero-order valence-corrected chi connectivity index (χ0v) is 17.1. The van der Waals surface area contributed by atoms with E-state index in [1.165, 1.54) is 0 Å². The number of pyridine rings is 2. The molecule has 2 aromatic carbocycles. The number of hydrogen-bond acceptors (Lipinski definition) is 3. The lowest BCUT2D eigenvalue weighted by Crippen LogP contribution is -2.23. The Kier molecular flexibility index (Phi) is 4.66. The van der Waals surface area contributed by atoms with E-state index in [9.17, 15) is 9.59 Å². The normalized spacial score (nSPS) is 11.2. The summed E-state index contributed by atoms with van der Waals surface area (Å²) in [6, 6.07) is 17.5. The van der Waals surface area contributed by atoms with Crippen LogP contribution in [0.4, 0.5) is 0 Å². The van der Waals surface area contributed by atoms with Gasteiger partial charge in [0, 0.05) is 26.5 Å².